The number of nitrogens with zero attached hydrogens (tertiary/aromatic N) is 3. The minimum Gasteiger partial charge on any atom is -0.348 e. The SMILES string of the molecule is O=C(NCc1ccc(S(=O)(=O)N2CCCC2)cc1)c1cnn(-c2ccc(Br)cc2)c1. The Morgan fingerprint density at radius 1 is 1.03 bits per heavy atom. The molecule has 0 spiro atoms. The Labute approximate surface area is 183 Å². The van der Waals surface area contributed by atoms with Crippen LogP contribution in [-0.4, -0.2) is 41.5 Å². The molecule has 1 amide bonds. The van der Waals surface area contributed by atoms with Crippen molar-refractivity contribution in [3.63, 3.8) is 0 Å². The lowest BCUT2D eigenvalue weighted by atomic mass is 10.2. The van der Waals surface area contributed by atoms with Gasteiger partial charge in [0, 0.05) is 30.3 Å². The zero-order chi connectivity index (χ0) is 21.1. The summed E-state index contributed by atoms with van der Waals surface area (Å²) < 4.78 is 29.3. The van der Waals surface area contributed by atoms with Crippen molar-refractivity contribution in [2.24, 2.45) is 0 Å². The number of nitrogens with one attached hydrogen (secondary N) is 1. The maximum atomic E-state index is 12.6. The molecule has 0 bridgehead atoms. The molecule has 0 unspecified atom stereocenters. The third-order valence-electron chi connectivity index (χ3n) is 5.02. The lowest BCUT2D eigenvalue weighted by molar-refractivity contribution is 0.0951. The number of carbonyl (C=O) groups excluding carboxylic acids is 1. The first kappa shape index (κ1) is 20.8. The molecule has 1 fully saturated rings. The maximum Gasteiger partial charge on any atom is 0.254 e. The van der Waals surface area contributed by atoms with E-state index in [4.69, 9.17) is 0 Å². The van der Waals surface area contributed by atoms with E-state index in [1.165, 1.54) is 10.5 Å². The Hall–Kier alpha value is -2.49. The van der Waals surface area contributed by atoms with Gasteiger partial charge in [-0.15, -0.1) is 0 Å². The van der Waals surface area contributed by atoms with Crippen LogP contribution in [0.25, 0.3) is 5.69 Å². The van der Waals surface area contributed by atoms with Gasteiger partial charge in [-0.1, -0.05) is 28.1 Å². The molecule has 3 aromatic rings. The van der Waals surface area contributed by atoms with Crippen molar-refractivity contribution in [1.82, 2.24) is 19.4 Å². The highest BCUT2D eigenvalue weighted by atomic mass is 79.9. The van der Waals surface area contributed by atoms with E-state index in [1.54, 1.807) is 35.1 Å². The number of hydrogen-bond donors (Lipinski definition) is 1. The summed E-state index contributed by atoms with van der Waals surface area (Å²) >= 11 is 3.39. The molecule has 1 N–H and O–H groups in total. The molecule has 1 aliphatic heterocycles. The average Bonchev–Trinajstić information content (AvgIpc) is 3.45. The van der Waals surface area contributed by atoms with Crippen molar-refractivity contribution < 1.29 is 13.2 Å². The number of carbonyl (C=O) groups is 1. The van der Waals surface area contributed by atoms with Gasteiger partial charge >= 0.3 is 0 Å². The molecule has 2 heterocycles. The zero-order valence-electron chi connectivity index (χ0n) is 16.2. The number of amides is 1. The molecule has 0 aliphatic carbocycles. The molecule has 2 aromatic carbocycles. The van der Waals surface area contributed by atoms with Crippen LogP contribution in [0.4, 0.5) is 0 Å². The van der Waals surface area contributed by atoms with E-state index in [0.717, 1.165) is 28.6 Å². The highest BCUT2D eigenvalue weighted by Crippen LogP contribution is 2.21. The first-order valence-corrected chi connectivity index (χ1v) is 11.8. The predicted molar refractivity (Wildman–Crippen MR) is 117 cm³/mol. The van der Waals surface area contributed by atoms with Crippen LogP contribution in [0.1, 0.15) is 28.8 Å². The lowest BCUT2D eigenvalue weighted by Crippen LogP contribution is -2.27. The van der Waals surface area contributed by atoms with Crippen molar-refractivity contribution in [3.05, 3.63) is 76.5 Å². The molecule has 0 saturated carbocycles. The minimum absolute atomic E-state index is 0.243. The van der Waals surface area contributed by atoms with Crippen molar-refractivity contribution in [1.29, 1.82) is 0 Å². The van der Waals surface area contributed by atoms with Gasteiger partial charge in [0.2, 0.25) is 10.0 Å². The predicted octanol–water partition coefficient (Wildman–Crippen LogP) is 3.35. The van der Waals surface area contributed by atoms with Gasteiger partial charge in [0.1, 0.15) is 0 Å². The van der Waals surface area contributed by atoms with E-state index in [9.17, 15) is 13.2 Å². The third kappa shape index (κ3) is 4.48. The molecule has 30 heavy (non-hydrogen) atoms. The summed E-state index contributed by atoms with van der Waals surface area (Å²) in [5.41, 5.74) is 2.13. The van der Waals surface area contributed by atoms with Crippen molar-refractivity contribution >= 4 is 31.9 Å². The first-order chi connectivity index (χ1) is 14.4. The van der Waals surface area contributed by atoms with E-state index in [-0.39, 0.29) is 10.8 Å². The number of aromatic nitrogens is 2. The monoisotopic (exact) mass is 488 g/mol. The Morgan fingerprint density at radius 3 is 2.37 bits per heavy atom. The van der Waals surface area contributed by atoms with E-state index in [0.29, 0.717) is 25.2 Å². The third-order valence-corrected chi connectivity index (χ3v) is 7.46. The van der Waals surface area contributed by atoms with E-state index >= 15 is 0 Å². The summed E-state index contributed by atoms with van der Waals surface area (Å²) in [5.74, 6) is -0.243. The van der Waals surface area contributed by atoms with Crippen molar-refractivity contribution in [2.75, 3.05) is 13.1 Å². The van der Waals surface area contributed by atoms with Crippen LogP contribution >= 0.6 is 15.9 Å². The Kier molecular flexibility index (Phi) is 6.03. The largest absolute Gasteiger partial charge is 0.348 e. The average molecular weight is 489 g/mol. The number of benzene rings is 2. The summed E-state index contributed by atoms with van der Waals surface area (Å²) in [6, 6.07) is 14.3. The van der Waals surface area contributed by atoms with Crippen LogP contribution in [0.2, 0.25) is 0 Å². The van der Waals surface area contributed by atoms with Gasteiger partial charge in [0.15, 0.2) is 0 Å². The van der Waals surface area contributed by atoms with Crippen molar-refractivity contribution in [3.8, 4) is 5.69 Å². The molecular weight excluding hydrogens is 468 g/mol. The summed E-state index contributed by atoms with van der Waals surface area (Å²) in [4.78, 5) is 12.7. The second-order valence-electron chi connectivity index (χ2n) is 7.09. The van der Waals surface area contributed by atoms with Gasteiger partial charge in [-0.25, -0.2) is 13.1 Å². The fourth-order valence-electron chi connectivity index (χ4n) is 3.32. The van der Waals surface area contributed by atoms with Crippen LogP contribution in [0.3, 0.4) is 0 Å². The fourth-order valence-corrected chi connectivity index (χ4v) is 5.10. The minimum atomic E-state index is -3.42. The van der Waals surface area contributed by atoms with Crippen LogP contribution in [0.5, 0.6) is 0 Å². The van der Waals surface area contributed by atoms with E-state index in [1.807, 2.05) is 24.3 Å². The molecule has 0 radical (unpaired) electrons. The highest BCUT2D eigenvalue weighted by Gasteiger charge is 2.26. The Balaban J connectivity index is 1.38. The molecular formula is C21H21BrN4O3S. The second-order valence-corrected chi connectivity index (χ2v) is 9.94. The van der Waals surface area contributed by atoms with Gasteiger partial charge < -0.3 is 5.32 Å². The van der Waals surface area contributed by atoms with Gasteiger partial charge in [-0.05, 0) is 54.8 Å². The molecule has 4 rings (SSSR count). The molecule has 1 aromatic heterocycles. The maximum absolute atomic E-state index is 12.6. The smallest absolute Gasteiger partial charge is 0.254 e. The van der Waals surface area contributed by atoms with Crippen LogP contribution < -0.4 is 5.32 Å². The van der Waals surface area contributed by atoms with E-state index in [2.05, 4.69) is 26.3 Å². The van der Waals surface area contributed by atoms with E-state index < -0.39 is 10.0 Å². The fraction of sp³-hybridized carbons (Fsp3) is 0.238. The normalized spacial score (nSPS) is 14.7. The van der Waals surface area contributed by atoms with Crippen molar-refractivity contribution in [2.45, 2.75) is 24.3 Å². The van der Waals surface area contributed by atoms with Gasteiger partial charge in [-0.2, -0.15) is 9.40 Å². The molecule has 0 atom stereocenters. The number of rotatable bonds is 6. The topological polar surface area (TPSA) is 84.3 Å². The van der Waals surface area contributed by atoms with Gasteiger partial charge in [0.05, 0.1) is 22.3 Å². The Morgan fingerprint density at radius 2 is 1.70 bits per heavy atom. The van der Waals surface area contributed by atoms with Crippen LogP contribution in [0, 0.1) is 0 Å². The Bertz CT molecular complexity index is 1140. The number of sulfonamides is 1. The molecule has 1 saturated heterocycles. The molecule has 9 heteroatoms. The highest BCUT2D eigenvalue weighted by molar-refractivity contribution is 9.10. The van der Waals surface area contributed by atoms with Gasteiger partial charge in [-0.3, -0.25) is 4.79 Å². The van der Waals surface area contributed by atoms with Gasteiger partial charge in [0.25, 0.3) is 5.91 Å². The summed E-state index contributed by atoms with van der Waals surface area (Å²) in [6.45, 7) is 1.45. The molecule has 7 nitrogen and oxygen atoms in total. The molecule has 1 aliphatic rings. The lowest BCUT2D eigenvalue weighted by Gasteiger charge is -2.15. The number of hydrogen-bond acceptors (Lipinski definition) is 4. The quantitative estimate of drug-likeness (QED) is 0.576. The summed E-state index contributed by atoms with van der Waals surface area (Å²) in [5, 5.41) is 7.08. The molecule has 156 valence electrons. The standard InChI is InChI=1S/C21H21BrN4O3S/c22-18-5-7-19(8-6-18)26-15-17(14-24-26)21(27)23-13-16-3-9-20(10-4-16)30(28,29)25-11-1-2-12-25/h3-10,14-15H,1-2,11-13H2,(H,23,27). The summed E-state index contributed by atoms with van der Waals surface area (Å²) in [7, 11) is -3.42. The first-order valence-electron chi connectivity index (χ1n) is 9.61. The number of halogens is 1. The van der Waals surface area contributed by atoms with Crippen LogP contribution in [-0.2, 0) is 16.6 Å². The van der Waals surface area contributed by atoms with Crippen LogP contribution in [0.15, 0.2) is 70.3 Å². The summed E-state index contributed by atoms with van der Waals surface area (Å²) in [6.07, 6.45) is 5.00. The second kappa shape index (κ2) is 8.71. The zero-order valence-corrected chi connectivity index (χ0v) is 18.6.